The molecule has 2 N–H and O–H groups in total. The summed E-state index contributed by atoms with van der Waals surface area (Å²) in [4.78, 5) is 0. The zero-order chi connectivity index (χ0) is 9.84. The summed E-state index contributed by atoms with van der Waals surface area (Å²) in [6, 6.07) is 0. The van der Waals surface area contributed by atoms with Crippen LogP contribution in [0.2, 0.25) is 0 Å². The van der Waals surface area contributed by atoms with Gasteiger partial charge in [-0.25, -0.2) is 0 Å². The van der Waals surface area contributed by atoms with E-state index in [-0.39, 0.29) is 5.92 Å². The largest absolute Gasteiger partial charge is 0.423 e. The summed E-state index contributed by atoms with van der Waals surface area (Å²) in [5, 5.41) is 7.72. The van der Waals surface area contributed by atoms with Crippen LogP contribution < -0.4 is 5.73 Å². The highest BCUT2D eigenvalue weighted by atomic mass is 16.4. The molecule has 0 fully saturated rings. The molecule has 13 heavy (non-hydrogen) atoms. The van der Waals surface area contributed by atoms with Gasteiger partial charge < -0.3 is 10.2 Å². The summed E-state index contributed by atoms with van der Waals surface area (Å²) in [6.07, 6.45) is 2.04. The Labute approximate surface area is 77.8 Å². The van der Waals surface area contributed by atoms with E-state index in [0.717, 1.165) is 0 Å². The molecule has 4 nitrogen and oxygen atoms in total. The van der Waals surface area contributed by atoms with E-state index in [1.807, 2.05) is 26.8 Å². The van der Waals surface area contributed by atoms with Gasteiger partial charge in [-0.15, -0.1) is 10.2 Å². The van der Waals surface area contributed by atoms with E-state index < -0.39 is 0 Å². The van der Waals surface area contributed by atoms with E-state index in [4.69, 9.17) is 10.2 Å². The topological polar surface area (TPSA) is 64.9 Å². The van der Waals surface area contributed by atoms with E-state index in [9.17, 15) is 0 Å². The number of hydrogen-bond acceptors (Lipinski definition) is 4. The maximum absolute atomic E-state index is 5.36. The Morgan fingerprint density at radius 3 is 2.77 bits per heavy atom. The van der Waals surface area contributed by atoms with Crippen molar-refractivity contribution in [3.63, 3.8) is 0 Å². The molecule has 0 bridgehead atoms. The molecular weight excluding hydrogens is 166 g/mol. The lowest BCUT2D eigenvalue weighted by Crippen LogP contribution is -1.96. The first-order valence-electron chi connectivity index (χ1n) is 4.34. The van der Waals surface area contributed by atoms with E-state index in [1.165, 1.54) is 5.57 Å². The summed E-state index contributed by atoms with van der Waals surface area (Å²) in [5.41, 5.74) is 6.58. The minimum Gasteiger partial charge on any atom is -0.423 e. The van der Waals surface area contributed by atoms with Gasteiger partial charge in [0.2, 0.25) is 11.8 Å². The zero-order valence-electron chi connectivity index (χ0n) is 8.24. The van der Waals surface area contributed by atoms with E-state index >= 15 is 0 Å². The number of aromatic nitrogens is 2. The van der Waals surface area contributed by atoms with Crippen LogP contribution in [0.1, 0.15) is 38.5 Å². The van der Waals surface area contributed by atoms with Crippen LogP contribution in [0.25, 0.3) is 0 Å². The van der Waals surface area contributed by atoms with Crippen molar-refractivity contribution in [3.05, 3.63) is 23.4 Å². The number of allylic oxidation sites excluding steroid dienone is 2. The van der Waals surface area contributed by atoms with Gasteiger partial charge in [-0.1, -0.05) is 11.6 Å². The third-order valence-electron chi connectivity index (χ3n) is 2.17. The molecule has 0 aliphatic carbocycles. The predicted molar refractivity (Wildman–Crippen MR) is 50.0 cm³/mol. The lowest BCUT2D eigenvalue weighted by molar-refractivity contribution is 0.438. The molecular formula is C9H15N3O. The van der Waals surface area contributed by atoms with Gasteiger partial charge in [-0.2, -0.15) is 0 Å². The van der Waals surface area contributed by atoms with Crippen molar-refractivity contribution in [3.8, 4) is 0 Å². The van der Waals surface area contributed by atoms with Crippen LogP contribution >= 0.6 is 0 Å². The molecule has 0 aromatic carbocycles. The zero-order valence-corrected chi connectivity index (χ0v) is 8.24. The molecule has 0 saturated carbocycles. The first kappa shape index (κ1) is 9.92. The van der Waals surface area contributed by atoms with Crippen LogP contribution in [0.15, 0.2) is 16.1 Å². The second-order valence-corrected chi connectivity index (χ2v) is 2.99. The van der Waals surface area contributed by atoms with Crippen molar-refractivity contribution in [2.75, 3.05) is 0 Å². The maximum Gasteiger partial charge on any atom is 0.230 e. The number of nitrogens with two attached hydrogens (primary N) is 1. The molecule has 0 saturated heterocycles. The molecule has 0 spiro atoms. The van der Waals surface area contributed by atoms with Gasteiger partial charge in [0.15, 0.2) is 0 Å². The fourth-order valence-electron chi connectivity index (χ4n) is 0.969. The fourth-order valence-corrected chi connectivity index (χ4v) is 0.969. The Morgan fingerprint density at radius 1 is 1.62 bits per heavy atom. The molecule has 1 unspecified atom stereocenters. The highest BCUT2D eigenvalue weighted by molar-refractivity contribution is 5.12. The highest BCUT2D eigenvalue weighted by Crippen LogP contribution is 2.21. The standard InChI is InChI=1S/C9H15N3O/c1-4-6(2)7(3)9-12-11-8(5-10)13-9/h4,7H,5,10H2,1-3H3. The molecule has 0 aliphatic rings. The Bertz CT molecular complexity index is 304. The van der Waals surface area contributed by atoms with Crippen LogP contribution in [-0.2, 0) is 6.54 Å². The minimum absolute atomic E-state index is 0.179. The third kappa shape index (κ3) is 2.15. The van der Waals surface area contributed by atoms with Crippen LogP contribution in [0.5, 0.6) is 0 Å². The number of nitrogens with zero attached hydrogens (tertiary/aromatic N) is 2. The Morgan fingerprint density at radius 2 is 2.31 bits per heavy atom. The summed E-state index contributed by atoms with van der Waals surface area (Å²) in [5.74, 6) is 1.31. The number of hydrogen-bond donors (Lipinski definition) is 1. The van der Waals surface area contributed by atoms with Crippen molar-refractivity contribution >= 4 is 0 Å². The van der Waals surface area contributed by atoms with Crippen molar-refractivity contribution in [1.82, 2.24) is 10.2 Å². The summed E-state index contributed by atoms with van der Waals surface area (Å²) in [7, 11) is 0. The van der Waals surface area contributed by atoms with Crippen molar-refractivity contribution in [2.24, 2.45) is 5.73 Å². The molecule has 1 aromatic heterocycles. The van der Waals surface area contributed by atoms with Crippen molar-refractivity contribution < 1.29 is 4.42 Å². The predicted octanol–water partition coefficient (Wildman–Crippen LogP) is 1.60. The van der Waals surface area contributed by atoms with E-state index in [1.54, 1.807) is 0 Å². The highest BCUT2D eigenvalue weighted by Gasteiger charge is 2.13. The van der Waals surface area contributed by atoms with E-state index in [2.05, 4.69) is 10.2 Å². The lowest BCUT2D eigenvalue weighted by atomic mass is 10.0. The molecule has 4 heteroatoms. The first-order chi connectivity index (χ1) is 6.19. The average molecular weight is 181 g/mol. The molecule has 0 radical (unpaired) electrons. The first-order valence-corrected chi connectivity index (χ1v) is 4.34. The van der Waals surface area contributed by atoms with Crippen LogP contribution in [0, 0.1) is 0 Å². The molecule has 0 amide bonds. The van der Waals surface area contributed by atoms with Crippen molar-refractivity contribution in [2.45, 2.75) is 33.2 Å². The molecule has 0 aliphatic heterocycles. The summed E-state index contributed by atoms with van der Waals surface area (Å²) < 4.78 is 5.33. The van der Waals surface area contributed by atoms with Gasteiger partial charge in [0, 0.05) is 0 Å². The Balaban J connectivity index is 2.82. The maximum atomic E-state index is 5.36. The van der Waals surface area contributed by atoms with Crippen LogP contribution in [-0.4, -0.2) is 10.2 Å². The van der Waals surface area contributed by atoms with Gasteiger partial charge in [0.05, 0.1) is 12.5 Å². The Hall–Kier alpha value is -1.16. The fraction of sp³-hybridized carbons (Fsp3) is 0.556. The monoisotopic (exact) mass is 181 g/mol. The molecule has 1 heterocycles. The summed E-state index contributed by atoms with van der Waals surface area (Å²) >= 11 is 0. The van der Waals surface area contributed by atoms with Gasteiger partial charge >= 0.3 is 0 Å². The van der Waals surface area contributed by atoms with Gasteiger partial charge in [-0.3, -0.25) is 0 Å². The second kappa shape index (κ2) is 4.18. The van der Waals surface area contributed by atoms with E-state index in [0.29, 0.717) is 18.3 Å². The SMILES string of the molecule is CC=C(C)C(C)c1nnc(CN)o1. The lowest BCUT2D eigenvalue weighted by Gasteiger charge is -2.05. The van der Waals surface area contributed by atoms with Crippen LogP contribution in [0.3, 0.4) is 0 Å². The normalized spacial score (nSPS) is 14.6. The molecule has 72 valence electrons. The third-order valence-corrected chi connectivity index (χ3v) is 2.17. The minimum atomic E-state index is 0.179. The van der Waals surface area contributed by atoms with Gasteiger partial charge in [0.25, 0.3) is 0 Å². The quantitative estimate of drug-likeness (QED) is 0.719. The van der Waals surface area contributed by atoms with Crippen LogP contribution in [0.4, 0.5) is 0 Å². The van der Waals surface area contributed by atoms with Crippen molar-refractivity contribution in [1.29, 1.82) is 0 Å². The molecule has 1 aromatic rings. The molecule has 1 atom stereocenters. The van der Waals surface area contributed by atoms with Gasteiger partial charge in [0.1, 0.15) is 0 Å². The smallest absolute Gasteiger partial charge is 0.230 e. The van der Waals surface area contributed by atoms with Gasteiger partial charge in [-0.05, 0) is 20.8 Å². The second-order valence-electron chi connectivity index (χ2n) is 2.99. The average Bonchev–Trinajstić information content (AvgIpc) is 2.63. The number of rotatable bonds is 3. The molecule has 1 rings (SSSR count). The Kier molecular flexibility index (Phi) is 3.19. The summed E-state index contributed by atoms with van der Waals surface area (Å²) in [6.45, 7) is 6.36.